The van der Waals surface area contributed by atoms with Crippen LogP contribution in [0.1, 0.15) is 17.0 Å². The van der Waals surface area contributed by atoms with Crippen molar-refractivity contribution in [1.29, 1.82) is 5.26 Å². The van der Waals surface area contributed by atoms with E-state index in [2.05, 4.69) is 15.9 Å². The first-order valence-electron chi connectivity index (χ1n) is 6.99. The number of rotatable bonds is 1. The molecule has 0 amide bonds. The molecule has 3 rings (SSSR count). The van der Waals surface area contributed by atoms with Gasteiger partial charge in [-0.05, 0) is 17.7 Å². The molecule has 7 nitrogen and oxygen atoms in total. The van der Waals surface area contributed by atoms with E-state index in [1.165, 1.54) is 18.7 Å². The molecule has 1 aromatic carbocycles. The van der Waals surface area contributed by atoms with Gasteiger partial charge in [-0.1, -0.05) is 28.1 Å². The van der Waals surface area contributed by atoms with Gasteiger partial charge in [0.2, 0.25) is 11.8 Å². The van der Waals surface area contributed by atoms with E-state index in [4.69, 9.17) is 10.5 Å². The lowest BCUT2D eigenvalue weighted by Gasteiger charge is -2.27. The number of halogens is 1. The van der Waals surface area contributed by atoms with Crippen LogP contribution >= 0.6 is 15.9 Å². The second-order valence-electron chi connectivity index (χ2n) is 5.40. The fourth-order valence-corrected chi connectivity index (χ4v) is 3.22. The molecule has 2 N–H and O–H groups in total. The summed E-state index contributed by atoms with van der Waals surface area (Å²) in [6.45, 7) is 0. The molecule has 24 heavy (non-hydrogen) atoms. The van der Waals surface area contributed by atoms with Crippen LogP contribution in [0.2, 0.25) is 0 Å². The number of nitriles is 1. The van der Waals surface area contributed by atoms with Gasteiger partial charge in [0.25, 0.3) is 5.56 Å². The van der Waals surface area contributed by atoms with E-state index in [1.807, 2.05) is 12.1 Å². The minimum atomic E-state index is -0.707. The molecule has 2 heterocycles. The van der Waals surface area contributed by atoms with Crippen molar-refractivity contribution in [3.8, 4) is 11.9 Å². The van der Waals surface area contributed by atoms with Crippen LogP contribution in [0.3, 0.4) is 0 Å². The number of fused-ring (bicyclic) bond motifs is 1. The summed E-state index contributed by atoms with van der Waals surface area (Å²) in [5, 5.41) is 9.52. The predicted octanol–water partition coefficient (Wildman–Crippen LogP) is 1.06. The molecule has 1 aromatic heterocycles. The van der Waals surface area contributed by atoms with Gasteiger partial charge in [0, 0.05) is 18.6 Å². The maximum absolute atomic E-state index is 12.7. The third-order valence-corrected chi connectivity index (χ3v) is 4.49. The Morgan fingerprint density at radius 3 is 2.62 bits per heavy atom. The average molecular weight is 389 g/mol. The molecular formula is C16H13BrN4O3. The van der Waals surface area contributed by atoms with Crippen molar-refractivity contribution < 1.29 is 4.74 Å². The zero-order valence-electron chi connectivity index (χ0n) is 12.9. The quantitative estimate of drug-likeness (QED) is 0.786. The SMILES string of the molecule is Cn1c2c(c(=O)n(C)c1=O)[C@H](c1cccc(Br)c1)C(C#N)=C(N)O2. The van der Waals surface area contributed by atoms with Crippen molar-refractivity contribution in [2.45, 2.75) is 5.92 Å². The zero-order chi connectivity index (χ0) is 17.6. The molecule has 0 fully saturated rings. The molecular weight excluding hydrogens is 376 g/mol. The van der Waals surface area contributed by atoms with Crippen LogP contribution in [-0.2, 0) is 14.1 Å². The Balaban J connectivity index is 2.44. The van der Waals surface area contributed by atoms with Crippen molar-refractivity contribution in [2.75, 3.05) is 0 Å². The summed E-state index contributed by atoms with van der Waals surface area (Å²) in [6, 6.07) is 9.25. The Morgan fingerprint density at radius 2 is 2.00 bits per heavy atom. The normalized spacial score (nSPS) is 16.3. The lowest BCUT2D eigenvalue weighted by Crippen LogP contribution is -2.42. The number of allylic oxidation sites excluding steroid dienone is 1. The van der Waals surface area contributed by atoms with E-state index in [0.717, 1.165) is 9.04 Å². The van der Waals surface area contributed by atoms with Gasteiger partial charge in [-0.25, -0.2) is 4.79 Å². The molecule has 0 bridgehead atoms. The Bertz CT molecular complexity index is 1040. The van der Waals surface area contributed by atoms with E-state index < -0.39 is 17.2 Å². The van der Waals surface area contributed by atoms with Crippen LogP contribution in [0.15, 0.2) is 49.8 Å². The molecule has 0 radical (unpaired) electrons. The van der Waals surface area contributed by atoms with E-state index in [0.29, 0.717) is 5.56 Å². The molecule has 0 unspecified atom stereocenters. The van der Waals surface area contributed by atoms with Crippen LogP contribution in [0.25, 0.3) is 0 Å². The van der Waals surface area contributed by atoms with Crippen LogP contribution in [-0.4, -0.2) is 9.13 Å². The minimum absolute atomic E-state index is 0.0598. The van der Waals surface area contributed by atoms with Crippen LogP contribution in [0.5, 0.6) is 5.88 Å². The molecule has 0 spiro atoms. The number of hydrogen-bond donors (Lipinski definition) is 1. The molecule has 1 aliphatic rings. The smallest absolute Gasteiger partial charge is 0.333 e. The summed E-state index contributed by atoms with van der Waals surface area (Å²) in [7, 11) is 2.87. The second kappa shape index (κ2) is 5.69. The number of aromatic nitrogens is 2. The van der Waals surface area contributed by atoms with E-state index in [1.54, 1.807) is 18.2 Å². The Kier molecular flexibility index (Phi) is 3.81. The Labute approximate surface area is 145 Å². The van der Waals surface area contributed by atoms with Gasteiger partial charge >= 0.3 is 5.69 Å². The van der Waals surface area contributed by atoms with Crippen molar-refractivity contribution in [3.63, 3.8) is 0 Å². The number of benzene rings is 1. The number of ether oxygens (including phenoxy) is 1. The third kappa shape index (κ3) is 2.25. The molecule has 0 saturated carbocycles. The molecule has 0 saturated heterocycles. The van der Waals surface area contributed by atoms with Crippen LogP contribution < -0.4 is 21.7 Å². The first-order valence-corrected chi connectivity index (χ1v) is 7.79. The first kappa shape index (κ1) is 16.1. The zero-order valence-corrected chi connectivity index (χ0v) is 14.5. The fraction of sp³-hybridized carbons (Fsp3) is 0.188. The van der Waals surface area contributed by atoms with Gasteiger partial charge in [-0.3, -0.25) is 13.9 Å². The maximum atomic E-state index is 12.7. The number of hydrogen-bond acceptors (Lipinski definition) is 5. The highest BCUT2D eigenvalue weighted by atomic mass is 79.9. The Morgan fingerprint density at radius 1 is 1.29 bits per heavy atom. The molecule has 122 valence electrons. The summed E-state index contributed by atoms with van der Waals surface area (Å²) in [4.78, 5) is 24.8. The van der Waals surface area contributed by atoms with Crippen molar-refractivity contribution in [2.24, 2.45) is 19.8 Å². The molecule has 2 aromatic rings. The first-order chi connectivity index (χ1) is 11.4. The lowest BCUT2D eigenvalue weighted by molar-refractivity contribution is 0.348. The average Bonchev–Trinajstić information content (AvgIpc) is 2.57. The van der Waals surface area contributed by atoms with Gasteiger partial charge in [0.1, 0.15) is 11.6 Å². The van der Waals surface area contributed by atoms with Gasteiger partial charge in [0.15, 0.2) is 0 Å². The van der Waals surface area contributed by atoms with Crippen molar-refractivity contribution >= 4 is 15.9 Å². The van der Waals surface area contributed by atoms with Crippen molar-refractivity contribution in [1.82, 2.24) is 9.13 Å². The highest BCUT2D eigenvalue weighted by Crippen LogP contribution is 2.39. The molecule has 1 aliphatic heterocycles. The number of nitrogens with two attached hydrogens (primary N) is 1. The van der Waals surface area contributed by atoms with E-state index in [9.17, 15) is 14.9 Å². The van der Waals surface area contributed by atoms with Gasteiger partial charge < -0.3 is 10.5 Å². The Hall–Kier alpha value is -2.79. The third-order valence-electron chi connectivity index (χ3n) is 4.00. The van der Waals surface area contributed by atoms with Crippen LogP contribution in [0, 0.1) is 11.3 Å². The maximum Gasteiger partial charge on any atom is 0.333 e. The van der Waals surface area contributed by atoms with E-state index >= 15 is 0 Å². The summed E-state index contributed by atoms with van der Waals surface area (Å²) in [5.41, 5.74) is 5.88. The van der Waals surface area contributed by atoms with Crippen LogP contribution in [0.4, 0.5) is 0 Å². The summed E-state index contributed by atoms with van der Waals surface area (Å²) in [5.74, 6) is -0.760. The fourth-order valence-electron chi connectivity index (χ4n) is 2.81. The predicted molar refractivity (Wildman–Crippen MR) is 90.4 cm³/mol. The van der Waals surface area contributed by atoms with Gasteiger partial charge in [0.05, 0.1) is 11.5 Å². The van der Waals surface area contributed by atoms with Gasteiger partial charge in [-0.15, -0.1) is 0 Å². The molecule has 1 atom stereocenters. The summed E-state index contributed by atoms with van der Waals surface area (Å²) < 4.78 is 8.44. The number of nitrogens with zero attached hydrogens (tertiary/aromatic N) is 3. The molecule has 0 aliphatic carbocycles. The second-order valence-corrected chi connectivity index (χ2v) is 6.32. The largest absolute Gasteiger partial charge is 0.423 e. The standard InChI is InChI=1S/C16H13BrN4O3/c1-20-14(22)12-11(8-4-3-5-9(17)6-8)10(7-18)13(19)24-15(12)21(2)16(20)23/h3-6,11H,19H2,1-2H3/t11-/m1/s1. The summed E-state index contributed by atoms with van der Waals surface area (Å²) >= 11 is 3.38. The van der Waals surface area contributed by atoms with E-state index in [-0.39, 0.29) is 22.9 Å². The minimum Gasteiger partial charge on any atom is -0.423 e. The lowest BCUT2D eigenvalue weighted by atomic mass is 9.85. The highest BCUT2D eigenvalue weighted by molar-refractivity contribution is 9.10. The highest BCUT2D eigenvalue weighted by Gasteiger charge is 2.35. The van der Waals surface area contributed by atoms with Crippen molar-refractivity contribution in [3.05, 3.63) is 72.2 Å². The monoisotopic (exact) mass is 388 g/mol. The topological polar surface area (TPSA) is 103 Å². The summed E-state index contributed by atoms with van der Waals surface area (Å²) in [6.07, 6.45) is 0. The van der Waals surface area contributed by atoms with Gasteiger partial charge in [-0.2, -0.15) is 5.26 Å². The molecule has 8 heteroatoms.